The van der Waals surface area contributed by atoms with E-state index in [9.17, 15) is 16.8 Å². The zero-order valence-corrected chi connectivity index (χ0v) is 15.6. The molecule has 1 fully saturated rings. The van der Waals surface area contributed by atoms with E-state index >= 15 is 0 Å². The van der Waals surface area contributed by atoms with Gasteiger partial charge in [-0.25, -0.2) is 16.8 Å². The van der Waals surface area contributed by atoms with Crippen LogP contribution in [-0.4, -0.2) is 47.4 Å². The van der Waals surface area contributed by atoms with Gasteiger partial charge in [0.15, 0.2) is 0 Å². The summed E-state index contributed by atoms with van der Waals surface area (Å²) in [4.78, 5) is 0.0732. The van der Waals surface area contributed by atoms with Crippen molar-refractivity contribution < 1.29 is 21.6 Å². The Morgan fingerprint density at radius 3 is 2.12 bits per heavy atom. The van der Waals surface area contributed by atoms with Gasteiger partial charge in [0.1, 0.15) is 8.42 Å². The first-order valence-electron chi connectivity index (χ1n) is 7.00. The molecule has 0 spiro atoms. The van der Waals surface area contributed by atoms with Gasteiger partial charge >= 0.3 is 0 Å². The molecular formula is C14H14ClNO5S3. The first-order valence-corrected chi connectivity index (χ1v) is 11.1. The third-order valence-electron chi connectivity index (χ3n) is 3.51. The molecule has 0 radical (unpaired) electrons. The van der Waals surface area contributed by atoms with E-state index in [1.165, 1.54) is 40.7 Å². The molecule has 2 heterocycles. The number of sulfonamides is 1. The largest absolute Gasteiger partial charge is 0.379 e. The van der Waals surface area contributed by atoms with Crippen molar-refractivity contribution in [3.8, 4) is 0 Å². The maximum Gasteiger partial charge on any atom is 0.252 e. The van der Waals surface area contributed by atoms with Crippen molar-refractivity contribution in [1.29, 1.82) is 0 Å². The average molecular weight is 408 g/mol. The number of sulfone groups is 1. The minimum absolute atomic E-state index is 0.0111. The van der Waals surface area contributed by atoms with Crippen LogP contribution in [0.5, 0.6) is 0 Å². The molecule has 0 saturated carbocycles. The molecule has 24 heavy (non-hydrogen) atoms. The van der Waals surface area contributed by atoms with Crippen molar-refractivity contribution >= 4 is 42.8 Å². The molecule has 1 aromatic heterocycles. The normalized spacial score (nSPS) is 17.0. The van der Waals surface area contributed by atoms with Crippen LogP contribution in [0.2, 0.25) is 5.02 Å². The van der Waals surface area contributed by atoms with Crippen LogP contribution in [0.15, 0.2) is 49.7 Å². The van der Waals surface area contributed by atoms with Gasteiger partial charge in [0.05, 0.1) is 18.1 Å². The van der Waals surface area contributed by atoms with Gasteiger partial charge in [-0.15, -0.1) is 11.3 Å². The predicted octanol–water partition coefficient (Wildman–Crippen LogP) is 2.26. The number of ether oxygens (including phenoxy) is 1. The van der Waals surface area contributed by atoms with Gasteiger partial charge in [-0.1, -0.05) is 11.6 Å². The summed E-state index contributed by atoms with van der Waals surface area (Å²) in [6, 6.07) is 8.40. The van der Waals surface area contributed by atoms with Crippen molar-refractivity contribution in [1.82, 2.24) is 4.31 Å². The number of benzene rings is 1. The number of nitrogens with zero attached hydrogens (tertiary/aromatic N) is 1. The third-order valence-corrected chi connectivity index (χ3v) is 9.47. The van der Waals surface area contributed by atoms with Crippen molar-refractivity contribution in [2.24, 2.45) is 0 Å². The first-order chi connectivity index (χ1) is 11.3. The maximum absolute atomic E-state index is 12.6. The van der Waals surface area contributed by atoms with E-state index in [2.05, 4.69) is 0 Å². The number of halogens is 1. The second-order valence-corrected chi connectivity index (χ2v) is 10.9. The second kappa shape index (κ2) is 6.74. The van der Waals surface area contributed by atoms with Crippen LogP contribution in [0.4, 0.5) is 0 Å². The molecule has 0 amide bonds. The summed E-state index contributed by atoms with van der Waals surface area (Å²) in [6.07, 6.45) is 0. The minimum Gasteiger partial charge on any atom is -0.379 e. The minimum atomic E-state index is -3.77. The van der Waals surface area contributed by atoms with E-state index in [4.69, 9.17) is 16.3 Å². The Labute approximate surface area is 149 Å². The summed E-state index contributed by atoms with van der Waals surface area (Å²) in [6.45, 7) is 1.19. The Morgan fingerprint density at radius 1 is 0.917 bits per heavy atom. The van der Waals surface area contributed by atoms with E-state index in [1.54, 1.807) is 0 Å². The topological polar surface area (TPSA) is 80.8 Å². The highest BCUT2D eigenvalue weighted by molar-refractivity contribution is 7.95. The Morgan fingerprint density at radius 2 is 1.50 bits per heavy atom. The SMILES string of the molecule is O=S(=O)(c1ccc(Cl)cc1)c1ccc(S(=O)(=O)N2CCOCC2)s1. The summed E-state index contributed by atoms with van der Waals surface area (Å²) >= 11 is 6.52. The van der Waals surface area contributed by atoms with Crippen LogP contribution >= 0.6 is 22.9 Å². The van der Waals surface area contributed by atoms with Crippen LogP contribution in [-0.2, 0) is 24.6 Å². The molecule has 0 N–H and O–H groups in total. The van der Waals surface area contributed by atoms with E-state index < -0.39 is 19.9 Å². The zero-order valence-electron chi connectivity index (χ0n) is 12.4. The highest BCUT2D eigenvalue weighted by atomic mass is 35.5. The Balaban J connectivity index is 1.94. The van der Waals surface area contributed by atoms with Crippen molar-refractivity contribution in [2.45, 2.75) is 13.3 Å². The van der Waals surface area contributed by atoms with Gasteiger partial charge in [-0.05, 0) is 36.4 Å². The predicted molar refractivity (Wildman–Crippen MR) is 90.8 cm³/mol. The highest BCUT2D eigenvalue weighted by Gasteiger charge is 2.30. The molecule has 1 aliphatic heterocycles. The molecule has 0 aliphatic carbocycles. The molecular weight excluding hydrogens is 394 g/mol. The van der Waals surface area contributed by atoms with Crippen LogP contribution in [0.3, 0.4) is 0 Å². The van der Waals surface area contributed by atoms with E-state index in [0.717, 1.165) is 11.3 Å². The van der Waals surface area contributed by atoms with E-state index in [0.29, 0.717) is 18.2 Å². The molecule has 10 heteroatoms. The molecule has 3 rings (SSSR count). The van der Waals surface area contributed by atoms with Crippen LogP contribution in [0.25, 0.3) is 0 Å². The number of thiophene rings is 1. The van der Waals surface area contributed by atoms with Gasteiger partial charge in [-0.2, -0.15) is 4.31 Å². The van der Waals surface area contributed by atoms with Crippen molar-refractivity contribution in [3.63, 3.8) is 0 Å². The quantitative estimate of drug-likeness (QED) is 0.776. The second-order valence-electron chi connectivity index (χ2n) is 5.05. The number of rotatable bonds is 4. The summed E-state index contributed by atoms with van der Waals surface area (Å²) in [5, 5.41) is 0.427. The van der Waals surface area contributed by atoms with Gasteiger partial charge in [0.25, 0.3) is 10.0 Å². The van der Waals surface area contributed by atoms with E-state index in [-0.39, 0.29) is 26.4 Å². The van der Waals surface area contributed by atoms with E-state index in [1.807, 2.05) is 0 Å². The number of hydrogen-bond donors (Lipinski definition) is 0. The Hall–Kier alpha value is -0.970. The van der Waals surface area contributed by atoms with Crippen molar-refractivity contribution in [2.75, 3.05) is 26.3 Å². The smallest absolute Gasteiger partial charge is 0.252 e. The van der Waals surface area contributed by atoms with Gasteiger partial charge in [0.2, 0.25) is 9.84 Å². The first kappa shape index (κ1) is 17.8. The lowest BCUT2D eigenvalue weighted by molar-refractivity contribution is 0.0731. The number of hydrogen-bond acceptors (Lipinski definition) is 6. The van der Waals surface area contributed by atoms with Crippen LogP contribution < -0.4 is 0 Å². The van der Waals surface area contributed by atoms with Crippen LogP contribution in [0.1, 0.15) is 0 Å². The summed E-state index contributed by atoms with van der Waals surface area (Å²) in [7, 11) is -7.48. The lowest BCUT2D eigenvalue weighted by atomic mass is 10.4. The van der Waals surface area contributed by atoms with Crippen molar-refractivity contribution in [3.05, 3.63) is 41.4 Å². The monoisotopic (exact) mass is 407 g/mol. The molecule has 1 aliphatic rings. The molecule has 0 bridgehead atoms. The molecule has 0 atom stereocenters. The highest BCUT2D eigenvalue weighted by Crippen LogP contribution is 2.32. The molecule has 1 aromatic carbocycles. The van der Waals surface area contributed by atoms with Gasteiger partial charge in [-0.3, -0.25) is 0 Å². The molecule has 6 nitrogen and oxygen atoms in total. The maximum atomic E-state index is 12.6. The molecule has 2 aromatic rings. The Bertz CT molecular complexity index is 929. The molecule has 0 unspecified atom stereocenters. The lowest BCUT2D eigenvalue weighted by Gasteiger charge is -2.25. The standard InChI is InChI=1S/C14H14ClNO5S3/c15-11-1-3-12(4-2-11)23(17,18)13-5-6-14(22-13)24(19,20)16-7-9-21-10-8-16/h1-6H,7-10H2. The van der Waals surface area contributed by atoms with Gasteiger partial charge in [0, 0.05) is 18.1 Å². The summed E-state index contributed by atoms with van der Waals surface area (Å²) in [5.41, 5.74) is 0. The summed E-state index contributed by atoms with van der Waals surface area (Å²) in [5.74, 6) is 0. The average Bonchev–Trinajstić information content (AvgIpc) is 3.08. The zero-order chi connectivity index (χ0) is 17.4. The molecule has 1 saturated heterocycles. The fourth-order valence-electron chi connectivity index (χ4n) is 2.23. The third kappa shape index (κ3) is 3.37. The van der Waals surface area contributed by atoms with Gasteiger partial charge < -0.3 is 4.74 Å². The lowest BCUT2D eigenvalue weighted by Crippen LogP contribution is -2.40. The Kier molecular flexibility index (Phi) is 5.01. The fourth-order valence-corrected chi connectivity index (χ4v) is 7.09. The van der Waals surface area contributed by atoms with Crippen LogP contribution in [0, 0.1) is 0 Å². The fraction of sp³-hybridized carbons (Fsp3) is 0.286. The molecule has 130 valence electrons. The summed E-state index contributed by atoms with van der Waals surface area (Å²) < 4.78 is 56.8. The number of morpholine rings is 1.